The van der Waals surface area contributed by atoms with E-state index in [1.165, 1.54) is 9.91 Å². The van der Waals surface area contributed by atoms with Crippen LogP contribution in [-0.4, -0.2) is 42.5 Å². The van der Waals surface area contributed by atoms with Crippen LogP contribution in [0.5, 0.6) is 11.5 Å². The lowest BCUT2D eigenvalue weighted by Crippen LogP contribution is -2.48. The van der Waals surface area contributed by atoms with Crippen LogP contribution in [0.2, 0.25) is 0 Å². The predicted molar refractivity (Wildman–Crippen MR) is 137 cm³/mol. The monoisotopic (exact) mass is 549 g/mol. The quantitative estimate of drug-likeness (QED) is 0.465. The van der Waals surface area contributed by atoms with Gasteiger partial charge in [-0.1, -0.05) is 34.1 Å². The first kappa shape index (κ1) is 24.0. The average Bonchev–Trinajstić information content (AvgIpc) is 3.41. The van der Waals surface area contributed by atoms with Crippen LogP contribution in [-0.2, 0) is 9.59 Å². The Hall–Kier alpha value is -3.69. The SMILES string of the molecule is CCOc1ccc(N2C(=O)[C@@H]3[C@@H](c4cccc(OC)c4)NN(C(=O)c4cccc(Br)c4)[C@H]3C2=O)cc1. The van der Waals surface area contributed by atoms with Gasteiger partial charge in [0.1, 0.15) is 17.5 Å². The molecule has 0 bridgehead atoms. The molecule has 0 aliphatic carbocycles. The van der Waals surface area contributed by atoms with E-state index in [2.05, 4.69) is 21.4 Å². The number of nitrogens with one attached hydrogen (secondary N) is 1. The molecule has 3 atom stereocenters. The van der Waals surface area contributed by atoms with Gasteiger partial charge in [-0.25, -0.2) is 10.3 Å². The molecule has 2 aliphatic heterocycles. The van der Waals surface area contributed by atoms with E-state index >= 15 is 0 Å². The lowest BCUT2D eigenvalue weighted by Gasteiger charge is -2.25. The van der Waals surface area contributed by atoms with E-state index in [0.717, 1.165) is 10.0 Å². The summed E-state index contributed by atoms with van der Waals surface area (Å²) in [5.74, 6) is -0.793. The van der Waals surface area contributed by atoms with E-state index in [1.54, 1.807) is 61.7 Å². The summed E-state index contributed by atoms with van der Waals surface area (Å²) < 4.78 is 11.6. The highest BCUT2D eigenvalue weighted by molar-refractivity contribution is 9.10. The number of imide groups is 1. The van der Waals surface area contributed by atoms with Gasteiger partial charge in [0.15, 0.2) is 0 Å². The Bertz CT molecular complexity index is 1330. The van der Waals surface area contributed by atoms with Gasteiger partial charge >= 0.3 is 0 Å². The fourth-order valence-corrected chi connectivity index (χ4v) is 5.16. The molecule has 3 aromatic rings. The predicted octanol–water partition coefficient (Wildman–Crippen LogP) is 4.12. The normalized spacial score (nSPS) is 21.0. The molecule has 0 spiro atoms. The van der Waals surface area contributed by atoms with Crippen LogP contribution in [0.3, 0.4) is 0 Å². The summed E-state index contributed by atoms with van der Waals surface area (Å²) in [7, 11) is 1.56. The molecule has 36 heavy (non-hydrogen) atoms. The second-order valence-electron chi connectivity index (χ2n) is 8.48. The van der Waals surface area contributed by atoms with Gasteiger partial charge in [0, 0.05) is 10.0 Å². The molecule has 3 amide bonds. The highest BCUT2D eigenvalue weighted by Crippen LogP contribution is 2.43. The molecule has 1 N–H and O–H groups in total. The molecular weight excluding hydrogens is 526 g/mol. The topological polar surface area (TPSA) is 88.2 Å². The molecule has 2 heterocycles. The third-order valence-electron chi connectivity index (χ3n) is 6.38. The van der Waals surface area contributed by atoms with Crippen molar-refractivity contribution in [2.45, 2.75) is 19.0 Å². The van der Waals surface area contributed by atoms with Crippen LogP contribution in [0.25, 0.3) is 0 Å². The largest absolute Gasteiger partial charge is 0.497 e. The first-order valence-corrected chi connectivity index (χ1v) is 12.3. The Morgan fingerprint density at radius 3 is 2.42 bits per heavy atom. The van der Waals surface area contributed by atoms with Crippen molar-refractivity contribution in [1.82, 2.24) is 10.4 Å². The Morgan fingerprint density at radius 2 is 1.72 bits per heavy atom. The molecular formula is C27H24BrN3O5. The molecule has 2 saturated heterocycles. The highest BCUT2D eigenvalue weighted by atomic mass is 79.9. The summed E-state index contributed by atoms with van der Waals surface area (Å²) in [6.07, 6.45) is 0. The number of rotatable bonds is 6. The second kappa shape index (κ2) is 9.75. The van der Waals surface area contributed by atoms with E-state index in [4.69, 9.17) is 9.47 Å². The van der Waals surface area contributed by atoms with Gasteiger partial charge in [-0.05, 0) is 67.1 Å². The number of amides is 3. The second-order valence-corrected chi connectivity index (χ2v) is 9.39. The molecule has 9 heteroatoms. The Morgan fingerprint density at radius 1 is 0.972 bits per heavy atom. The van der Waals surface area contributed by atoms with Gasteiger partial charge in [-0.3, -0.25) is 19.4 Å². The maximum atomic E-state index is 13.8. The molecule has 2 fully saturated rings. The Kier molecular flexibility index (Phi) is 6.51. The summed E-state index contributed by atoms with van der Waals surface area (Å²) >= 11 is 3.39. The van der Waals surface area contributed by atoms with E-state index < -0.39 is 29.8 Å². The van der Waals surface area contributed by atoms with Gasteiger partial charge in [0.05, 0.1) is 31.4 Å². The van der Waals surface area contributed by atoms with Crippen LogP contribution < -0.4 is 19.8 Å². The van der Waals surface area contributed by atoms with Crippen LogP contribution in [0, 0.1) is 5.92 Å². The third-order valence-corrected chi connectivity index (χ3v) is 6.88. The minimum absolute atomic E-state index is 0.376. The van der Waals surface area contributed by atoms with Crippen molar-refractivity contribution in [3.8, 4) is 11.5 Å². The summed E-state index contributed by atoms with van der Waals surface area (Å²) in [6, 6.07) is 19.4. The van der Waals surface area contributed by atoms with Crippen LogP contribution >= 0.6 is 15.9 Å². The lowest BCUT2D eigenvalue weighted by molar-refractivity contribution is -0.123. The molecule has 0 aromatic heterocycles. The minimum Gasteiger partial charge on any atom is -0.497 e. The fourth-order valence-electron chi connectivity index (χ4n) is 4.76. The maximum absolute atomic E-state index is 13.8. The van der Waals surface area contributed by atoms with Gasteiger partial charge in [-0.2, -0.15) is 0 Å². The van der Waals surface area contributed by atoms with Crippen LogP contribution in [0.15, 0.2) is 77.3 Å². The number of hydrogen-bond donors (Lipinski definition) is 1. The Balaban J connectivity index is 1.55. The van der Waals surface area contributed by atoms with Crippen molar-refractivity contribution in [3.05, 3.63) is 88.4 Å². The number of anilines is 1. The molecule has 3 aromatic carbocycles. The standard InChI is InChI=1S/C27H24BrN3O5/c1-3-36-20-12-10-19(11-13-20)30-26(33)22-23(16-6-5-9-21(15-16)35-2)29-31(24(22)27(30)34)25(32)17-7-4-8-18(28)14-17/h4-15,22-24,29H,3H2,1-2H3/t22-,23-,24-/m1/s1. The number of carbonyl (C=O) groups is 3. The van der Waals surface area contributed by atoms with Crippen molar-refractivity contribution >= 4 is 39.3 Å². The number of hydrogen-bond acceptors (Lipinski definition) is 6. The molecule has 184 valence electrons. The van der Waals surface area contributed by atoms with E-state index in [9.17, 15) is 14.4 Å². The molecule has 0 unspecified atom stereocenters. The average molecular weight is 550 g/mol. The van der Waals surface area contributed by atoms with E-state index in [-0.39, 0.29) is 5.91 Å². The number of ether oxygens (including phenoxy) is 2. The number of halogens is 1. The van der Waals surface area contributed by atoms with Crippen molar-refractivity contribution < 1.29 is 23.9 Å². The van der Waals surface area contributed by atoms with Gasteiger partial charge in [0.2, 0.25) is 5.91 Å². The summed E-state index contributed by atoms with van der Waals surface area (Å²) in [5.41, 5.74) is 4.72. The maximum Gasteiger partial charge on any atom is 0.268 e. The molecule has 2 aliphatic rings. The van der Waals surface area contributed by atoms with Crippen LogP contribution in [0.4, 0.5) is 5.69 Å². The number of methoxy groups -OCH3 is 1. The first-order valence-electron chi connectivity index (χ1n) is 11.5. The number of fused-ring (bicyclic) bond motifs is 1. The zero-order valence-electron chi connectivity index (χ0n) is 19.7. The molecule has 0 saturated carbocycles. The van der Waals surface area contributed by atoms with Gasteiger partial charge in [0.25, 0.3) is 11.8 Å². The zero-order chi connectivity index (χ0) is 25.4. The van der Waals surface area contributed by atoms with Crippen LogP contribution in [0.1, 0.15) is 28.9 Å². The van der Waals surface area contributed by atoms with E-state index in [0.29, 0.717) is 29.4 Å². The van der Waals surface area contributed by atoms with E-state index in [1.807, 2.05) is 25.1 Å². The number of benzene rings is 3. The Labute approximate surface area is 216 Å². The number of nitrogens with zero attached hydrogens (tertiary/aromatic N) is 2. The van der Waals surface area contributed by atoms with Gasteiger partial charge in [-0.15, -0.1) is 0 Å². The molecule has 8 nitrogen and oxygen atoms in total. The third kappa shape index (κ3) is 4.14. The molecule has 0 radical (unpaired) electrons. The van der Waals surface area contributed by atoms with Crippen molar-refractivity contribution in [1.29, 1.82) is 0 Å². The first-order chi connectivity index (χ1) is 17.4. The fraction of sp³-hybridized carbons (Fsp3) is 0.222. The smallest absolute Gasteiger partial charge is 0.268 e. The lowest BCUT2D eigenvalue weighted by atomic mass is 9.90. The summed E-state index contributed by atoms with van der Waals surface area (Å²) in [4.78, 5) is 42.2. The molecule has 5 rings (SSSR count). The zero-order valence-corrected chi connectivity index (χ0v) is 21.3. The highest BCUT2D eigenvalue weighted by Gasteiger charge is 2.60. The summed E-state index contributed by atoms with van der Waals surface area (Å²) in [5, 5.41) is 1.30. The summed E-state index contributed by atoms with van der Waals surface area (Å²) in [6.45, 7) is 2.39. The van der Waals surface area contributed by atoms with Crippen molar-refractivity contribution in [3.63, 3.8) is 0 Å². The van der Waals surface area contributed by atoms with Gasteiger partial charge < -0.3 is 9.47 Å². The van der Waals surface area contributed by atoms with Crippen molar-refractivity contribution in [2.24, 2.45) is 5.92 Å². The number of carbonyl (C=O) groups excluding carboxylic acids is 3. The van der Waals surface area contributed by atoms with Crippen molar-refractivity contribution in [2.75, 3.05) is 18.6 Å². The number of hydrazine groups is 1. The minimum atomic E-state index is -1.01.